The van der Waals surface area contributed by atoms with Crippen LogP contribution in [0.25, 0.3) is 16.7 Å². The van der Waals surface area contributed by atoms with Gasteiger partial charge in [-0.25, -0.2) is 4.98 Å². The summed E-state index contributed by atoms with van der Waals surface area (Å²) in [5, 5.41) is 11.8. The van der Waals surface area contributed by atoms with Crippen molar-refractivity contribution in [2.45, 2.75) is 26.7 Å². The minimum atomic E-state index is 0.629. The Kier molecular flexibility index (Phi) is 4.57. The van der Waals surface area contributed by atoms with Crippen molar-refractivity contribution >= 4 is 22.5 Å². The number of nitrogens with zero attached hydrogens (tertiary/aromatic N) is 4. The summed E-state index contributed by atoms with van der Waals surface area (Å²) in [4.78, 5) is 4.71. The van der Waals surface area contributed by atoms with Gasteiger partial charge in [0.25, 0.3) is 0 Å². The average Bonchev–Trinajstić information content (AvgIpc) is 2.94. The number of hydrogen-bond donors (Lipinski definition) is 2. The summed E-state index contributed by atoms with van der Waals surface area (Å²) < 4.78 is 7.59. The van der Waals surface area contributed by atoms with Gasteiger partial charge in [-0.2, -0.15) is 0 Å². The number of aromatic nitrogens is 4. The molecule has 0 unspecified atom stereocenters. The minimum absolute atomic E-state index is 0.629. The molecule has 3 N–H and O–H groups in total. The number of hydrogen-bond acceptors (Lipinski definition) is 6. The van der Waals surface area contributed by atoms with E-state index in [1.54, 1.807) is 0 Å². The van der Waals surface area contributed by atoms with Crippen molar-refractivity contribution in [3.8, 4) is 5.75 Å². The van der Waals surface area contributed by atoms with Crippen LogP contribution in [-0.4, -0.2) is 39.3 Å². The van der Waals surface area contributed by atoms with Crippen molar-refractivity contribution in [1.29, 1.82) is 0 Å². The van der Waals surface area contributed by atoms with Crippen LogP contribution < -0.4 is 15.8 Å². The first-order valence-corrected chi connectivity index (χ1v) is 7.96. The molecule has 7 heteroatoms. The molecular weight excluding hydrogens is 292 g/mol. The summed E-state index contributed by atoms with van der Waals surface area (Å²) in [6, 6.07) is 5.89. The normalized spacial score (nSPS) is 11.3. The fourth-order valence-electron chi connectivity index (χ4n) is 2.61. The molecule has 0 atom stereocenters. The average molecular weight is 314 g/mol. The zero-order valence-corrected chi connectivity index (χ0v) is 13.5. The highest BCUT2D eigenvalue weighted by Crippen LogP contribution is 2.25. The van der Waals surface area contributed by atoms with Gasteiger partial charge in [-0.3, -0.25) is 4.40 Å². The summed E-state index contributed by atoms with van der Waals surface area (Å²) in [6.45, 7) is 6.04. The zero-order valence-electron chi connectivity index (χ0n) is 13.5. The van der Waals surface area contributed by atoms with E-state index in [1.165, 1.54) is 0 Å². The highest BCUT2D eigenvalue weighted by atomic mass is 16.5. The molecule has 0 spiro atoms. The summed E-state index contributed by atoms with van der Waals surface area (Å²) >= 11 is 0. The van der Waals surface area contributed by atoms with E-state index in [0.29, 0.717) is 13.2 Å². The van der Waals surface area contributed by atoms with Gasteiger partial charge in [0, 0.05) is 12.6 Å². The van der Waals surface area contributed by atoms with Gasteiger partial charge in [-0.15, -0.1) is 10.2 Å². The van der Waals surface area contributed by atoms with Crippen LogP contribution in [0.5, 0.6) is 5.75 Å². The summed E-state index contributed by atoms with van der Waals surface area (Å²) in [5.74, 6) is 2.39. The van der Waals surface area contributed by atoms with Gasteiger partial charge >= 0.3 is 0 Å². The molecule has 1 aromatic carbocycles. The van der Waals surface area contributed by atoms with E-state index in [-0.39, 0.29) is 0 Å². The van der Waals surface area contributed by atoms with Gasteiger partial charge in [0.05, 0.1) is 17.6 Å². The molecule has 7 nitrogen and oxygen atoms in total. The van der Waals surface area contributed by atoms with E-state index in [2.05, 4.69) is 15.5 Å². The molecule has 2 heterocycles. The largest absolute Gasteiger partial charge is 0.494 e. The lowest BCUT2D eigenvalue weighted by Crippen LogP contribution is -2.09. The van der Waals surface area contributed by atoms with Gasteiger partial charge in [0.15, 0.2) is 5.82 Å². The molecule has 0 fully saturated rings. The van der Waals surface area contributed by atoms with Crippen molar-refractivity contribution < 1.29 is 4.74 Å². The third-order valence-corrected chi connectivity index (χ3v) is 3.69. The second kappa shape index (κ2) is 6.78. The first-order chi connectivity index (χ1) is 11.2. The maximum absolute atomic E-state index is 5.58. The zero-order chi connectivity index (χ0) is 16.2. The Hall–Kier alpha value is -2.41. The number of rotatable bonds is 7. The highest BCUT2D eigenvalue weighted by molar-refractivity contribution is 5.84. The van der Waals surface area contributed by atoms with Crippen LogP contribution in [0.1, 0.15) is 25.6 Å². The number of aryl methyl sites for hydroxylation is 1. The highest BCUT2D eigenvalue weighted by Gasteiger charge is 2.13. The Balaban J connectivity index is 2.05. The molecule has 0 aliphatic carbocycles. The summed E-state index contributed by atoms with van der Waals surface area (Å²) in [5.41, 5.74) is 8.11. The van der Waals surface area contributed by atoms with Crippen LogP contribution in [0, 0.1) is 6.92 Å². The predicted octanol–water partition coefficient (Wildman–Crippen LogP) is 2.14. The Morgan fingerprint density at radius 2 is 2.13 bits per heavy atom. The lowest BCUT2D eigenvalue weighted by atomic mass is 10.2. The van der Waals surface area contributed by atoms with Crippen LogP contribution in [-0.2, 0) is 0 Å². The lowest BCUT2D eigenvalue weighted by molar-refractivity contribution is 0.340. The molecule has 0 aliphatic rings. The molecule has 3 aromatic rings. The smallest absolute Gasteiger partial charge is 0.204 e. The van der Waals surface area contributed by atoms with E-state index in [0.717, 1.165) is 53.5 Å². The molecule has 0 saturated carbocycles. The van der Waals surface area contributed by atoms with Crippen LogP contribution in [0.4, 0.5) is 5.82 Å². The number of anilines is 1. The molecule has 0 saturated heterocycles. The monoisotopic (exact) mass is 314 g/mol. The molecule has 0 bridgehead atoms. The van der Waals surface area contributed by atoms with E-state index in [4.69, 9.17) is 15.5 Å². The molecule has 23 heavy (non-hydrogen) atoms. The summed E-state index contributed by atoms with van der Waals surface area (Å²) in [7, 11) is 0. The van der Waals surface area contributed by atoms with E-state index in [9.17, 15) is 0 Å². The maximum Gasteiger partial charge on any atom is 0.204 e. The van der Waals surface area contributed by atoms with Crippen molar-refractivity contribution in [2.24, 2.45) is 5.73 Å². The predicted molar refractivity (Wildman–Crippen MR) is 91.0 cm³/mol. The first kappa shape index (κ1) is 15.5. The van der Waals surface area contributed by atoms with Crippen LogP contribution in [0.2, 0.25) is 0 Å². The van der Waals surface area contributed by atoms with Gasteiger partial charge in [-0.05, 0) is 45.4 Å². The SMILES string of the molecule is CCOc1ccc2c(c1)nc(NCCCCN)c1nnc(C)n12. The topological polar surface area (TPSA) is 90.4 Å². The molecule has 0 radical (unpaired) electrons. The molecule has 122 valence electrons. The van der Waals surface area contributed by atoms with Gasteiger partial charge < -0.3 is 15.8 Å². The second-order valence-electron chi connectivity index (χ2n) is 5.37. The number of benzene rings is 1. The summed E-state index contributed by atoms with van der Waals surface area (Å²) in [6.07, 6.45) is 1.98. The number of nitrogens with two attached hydrogens (primary N) is 1. The number of fused-ring (bicyclic) bond motifs is 3. The van der Waals surface area contributed by atoms with Gasteiger partial charge in [-0.1, -0.05) is 0 Å². The van der Waals surface area contributed by atoms with Crippen molar-refractivity contribution in [1.82, 2.24) is 19.6 Å². The van der Waals surface area contributed by atoms with E-state index in [1.807, 2.05) is 36.4 Å². The van der Waals surface area contributed by atoms with Crippen molar-refractivity contribution in [3.63, 3.8) is 0 Å². The van der Waals surface area contributed by atoms with Crippen LogP contribution in [0.3, 0.4) is 0 Å². The Morgan fingerprint density at radius 3 is 2.91 bits per heavy atom. The van der Waals surface area contributed by atoms with Gasteiger partial charge in [0.2, 0.25) is 5.65 Å². The number of ether oxygens (including phenoxy) is 1. The lowest BCUT2D eigenvalue weighted by Gasteiger charge is -2.11. The minimum Gasteiger partial charge on any atom is -0.494 e. The third kappa shape index (κ3) is 3.05. The standard InChI is InChI=1S/C16H22N6O/c1-3-23-12-6-7-14-13(10-12)19-15(18-9-5-4-8-17)16-21-20-11(2)22(14)16/h6-7,10H,3-5,8-9,17H2,1-2H3,(H,18,19). The maximum atomic E-state index is 5.58. The molecule has 0 aliphatic heterocycles. The molecule has 3 rings (SSSR count). The number of unbranched alkanes of at least 4 members (excludes halogenated alkanes) is 1. The Labute approximate surface area is 134 Å². The number of nitrogens with one attached hydrogen (secondary N) is 1. The molecular formula is C16H22N6O. The van der Waals surface area contributed by atoms with Crippen molar-refractivity contribution in [3.05, 3.63) is 24.0 Å². The van der Waals surface area contributed by atoms with Gasteiger partial charge in [0.1, 0.15) is 11.6 Å². The van der Waals surface area contributed by atoms with E-state index < -0.39 is 0 Å². The van der Waals surface area contributed by atoms with Crippen molar-refractivity contribution in [2.75, 3.05) is 25.0 Å². The Bertz CT molecular complexity index is 813. The molecule has 0 amide bonds. The molecule has 2 aromatic heterocycles. The van der Waals surface area contributed by atoms with Crippen LogP contribution in [0.15, 0.2) is 18.2 Å². The Morgan fingerprint density at radius 1 is 1.26 bits per heavy atom. The third-order valence-electron chi connectivity index (χ3n) is 3.69. The second-order valence-corrected chi connectivity index (χ2v) is 5.37. The van der Waals surface area contributed by atoms with Crippen LogP contribution >= 0.6 is 0 Å². The first-order valence-electron chi connectivity index (χ1n) is 7.96. The van der Waals surface area contributed by atoms with E-state index >= 15 is 0 Å². The fraction of sp³-hybridized carbons (Fsp3) is 0.438. The quantitative estimate of drug-likeness (QED) is 0.649. The fourth-order valence-corrected chi connectivity index (χ4v) is 2.61.